The van der Waals surface area contributed by atoms with Crippen LogP contribution in [0.25, 0.3) is 0 Å². The molecule has 1 heterocycles. The zero-order chi connectivity index (χ0) is 13.8. The molecule has 0 radical (unpaired) electrons. The Hall–Kier alpha value is -1.62. The minimum atomic E-state index is -0.157. The molecule has 2 aromatic rings. The first-order chi connectivity index (χ1) is 9.15. The van der Waals surface area contributed by atoms with Crippen LogP contribution in [0.4, 0.5) is 5.69 Å². The van der Waals surface area contributed by atoms with Gasteiger partial charge >= 0.3 is 0 Å². The molecule has 100 valence electrons. The second-order valence-corrected chi connectivity index (χ2v) is 5.02. The van der Waals surface area contributed by atoms with E-state index in [9.17, 15) is 4.79 Å². The number of hydrogen-bond acceptors (Lipinski definition) is 2. The van der Waals surface area contributed by atoms with Crippen molar-refractivity contribution in [1.82, 2.24) is 9.78 Å². The normalized spacial score (nSPS) is 10.5. The van der Waals surface area contributed by atoms with Crippen molar-refractivity contribution in [2.45, 2.75) is 26.8 Å². The van der Waals surface area contributed by atoms with E-state index in [0.717, 1.165) is 12.1 Å². The Labute approximate surface area is 120 Å². The summed E-state index contributed by atoms with van der Waals surface area (Å²) < 4.78 is 2.37. The van der Waals surface area contributed by atoms with Gasteiger partial charge in [0.25, 0.3) is 5.91 Å². The zero-order valence-electron chi connectivity index (χ0n) is 11.0. The standard InChI is InChI=1S/C14H16BrN3O/c1-3-10-5-7-11(8-6-10)17-14(19)13-12(15)9-16-18(13)4-2/h5-9H,3-4H2,1-2H3,(H,17,19). The Bertz CT molecular complexity index is 575. The van der Waals surface area contributed by atoms with Crippen LogP contribution in [-0.2, 0) is 13.0 Å². The summed E-state index contributed by atoms with van der Waals surface area (Å²) in [5.74, 6) is -0.157. The van der Waals surface area contributed by atoms with Gasteiger partial charge in [-0.15, -0.1) is 0 Å². The number of halogens is 1. The molecule has 5 heteroatoms. The predicted octanol–water partition coefficient (Wildman–Crippen LogP) is 3.48. The number of rotatable bonds is 4. The van der Waals surface area contributed by atoms with Crippen LogP contribution in [0.15, 0.2) is 34.9 Å². The van der Waals surface area contributed by atoms with Crippen LogP contribution in [-0.4, -0.2) is 15.7 Å². The molecule has 0 fully saturated rings. The van der Waals surface area contributed by atoms with Crippen LogP contribution >= 0.6 is 15.9 Å². The molecule has 0 atom stereocenters. The molecule has 19 heavy (non-hydrogen) atoms. The number of anilines is 1. The monoisotopic (exact) mass is 321 g/mol. The highest BCUT2D eigenvalue weighted by molar-refractivity contribution is 9.10. The van der Waals surface area contributed by atoms with Gasteiger partial charge < -0.3 is 5.32 Å². The van der Waals surface area contributed by atoms with Crippen LogP contribution in [0, 0.1) is 0 Å². The Morgan fingerprint density at radius 1 is 1.32 bits per heavy atom. The SMILES string of the molecule is CCc1ccc(NC(=O)c2c(Br)cnn2CC)cc1. The Balaban J connectivity index is 2.18. The molecule has 1 amide bonds. The summed E-state index contributed by atoms with van der Waals surface area (Å²) in [6, 6.07) is 7.86. The fourth-order valence-electron chi connectivity index (χ4n) is 1.84. The molecule has 0 aliphatic heterocycles. The number of carbonyl (C=O) groups excluding carboxylic acids is 1. The molecule has 1 N–H and O–H groups in total. The van der Waals surface area contributed by atoms with Gasteiger partial charge in [0.2, 0.25) is 0 Å². The van der Waals surface area contributed by atoms with E-state index in [4.69, 9.17) is 0 Å². The Morgan fingerprint density at radius 3 is 2.58 bits per heavy atom. The zero-order valence-corrected chi connectivity index (χ0v) is 12.6. The maximum absolute atomic E-state index is 12.2. The lowest BCUT2D eigenvalue weighted by Crippen LogP contribution is -2.17. The summed E-state index contributed by atoms with van der Waals surface area (Å²) in [6.45, 7) is 4.71. The van der Waals surface area contributed by atoms with E-state index in [1.165, 1.54) is 5.56 Å². The van der Waals surface area contributed by atoms with E-state index in [1.807, 2.05) is 31.2 Å². The Morgan fingerprint density at radius 2 is 2.00 bits per heavy atom. The van der Waals surface area contributed by atoms with Crippen molar-refractivity contribution < 1.29 is 4.79 Å². The van der Waals surface area contributed by atoms with E-state index in [-0.39, 0.29) is 5.91 Å². The lowest BCUT2D eigenvalue weighted by Gasteiger charge is -2.08. The summed E-state index contributed by atoms with van der Waals surface area (Å²) in [5, 5.41) is 7.01. The van der Waals surface area contributed by atoms with E-state index >= 15 is 0 Å². The van der Waals surface area contributed by atoms with Crippen LogP contribution < -0.4 is 5.32 Å². The average molecular weight is 322 g/mol. The second-order valence-electron chi connectivity index (χ2n) is 4.16. The van der Waals surface area contributed by atoms with Crippen molar-refractivity contribution in [3.8, 4) is 0 Å². The number of carbonyl (C=O) groups is 1. The van der Waals surface area contributed by atoms with Crippen LogP contribution in [0.1, 0.15) is 29.9 Å². The summed E-state index contributed by atoms with van der Waals surface area (Å²) >= 11 is 3.35. The third-order valence-electron chi connectivity index (χ3n) is 2.93. The third kappa shape index (κ3) is 3.04. The van der Waals surface area contributed by atoms with Gasteiger partial charge in [-0.3, -0.25) is 9.48 Å². The molecular weight excluding hydrogens is 306 g/mol. The fourth-order valence-corrected chi connectivity index (χ4v) is 2.32. The highest BCUT2D eigenvalue weighted by Crippen LogP contribution is 2.18. The lowest BCUT2D eigenvalue weighted by molar-refractivity contribution is 0.101. The van der Waals surface area contributed by atoms with Crippen LogP contribution in [0.5, 0.6) is 0 Å². The van der Waals surface area contributed by atoms with Crippen molar-refractivity contribution >= 4 is 27.5 Å². The molecule has 2 rings (SSSR count). The molecule has 0 unspecified atom stereocenters. The minimum absolute atomic E-state index is 0.157. The predicted molar refractivity (Wildman–Crippen MR) is 79.4 cm³/mol. The molecule has 0 saturated heterocycles. The van der Waals surface area contributed by atoms with Crippen LogP contribution in [0.2, 0.25) is 0 Å². The highest BCUT2D eigenvalue weighted by Gasteiger charge is 2.16. The van der Waals surface area contributed by atoms with Gasteiger partial charge in [-0.1, -0.05) is 19.1 Å². The number of aryl methyl sites for hydroxylation is 2. The van der Waals surface area contributed by atoms with E-state index in [1.54, 1.807) is 10.9 Å². The van der Waals surface area contributed by atoms with Gasteiger partial charge in [-0.25, -0.2) is 0 Å². The molecular formula is C14H16BrN3O. The Kier molecular flexibility index (Phi) is 4.37. The quantitative estimate of drug-likeness (QED) is 0.937. The van der Waals surface area contributed by atoms with E-state index < -0.39 is 0 Å². The van der Waals surface area contributed by atoms with Gasteiger partial charge in [-0.05, 0) is 47.0 Å². The maximum Gasteiger partial charge on any atom is 0.275 e. The first kappa shape index (κ1) is 13.8. The second kappa shape index (κ2) is 6.02. The molecule has 1 aromatic carbocycles. The summed E-state index contributed by atoms with van der Waals surface area (Å²) in [5.41, 5.74) is 2.58. The minimum Gasteiger partial charge on any atom is -0.321 e. The number of nitrogens with zero attached hydrogens (tertiary/aromatic N) is 2. The lowest BCUT2D eigenvalue weighted by atomic mass is 10.1. The van der Waals surface area contributed by atoms with E-state index in [0.29, 0.717) is 16.7 Å². The van der Waals surface area contributed by atoms with Gasteiger partial charge in [0.1, 0.15) is 5.69 Å². The van der Waals surface area contributed by atoms with Gasteiger partial charge in [0.05, 0.1) is 10.7 Å². The average Bonchev–Trinajstić information content (AvgIpc) is 2.80. The maximum atomic E-state index is 12.2. The summed E-state index contributed by atoms with van der Waals surface area (Å²) in [6.07, 6.45) is 2.63. The molecule has 0 saturated carbocycles. The molecule has 0 spiro atoms. The summed E-state index contributed by atoms with van der Waals surface area (Å²) in [4.78, 5) is 12.2. The van der Waals surface area contributed by atoms with Gasteiger partial charge in [-0.2, -0.15) is 5.10 Å². The van der Waals surface area contributed by atoms with Gasteiger partial charge in [0, 0.05) is 12.2 Å². The smallest absolute Gasteiger partial charge is 0.275 e. The third-order valence-corrected chi connectivity index (χ3v) is 3.51. The van der Waals surface area contributed by atoms with Crippen molar-refractivity contribution in [3.63, 3.8) is 0 Å². The van der Waals surface area contributed by atoms with Gasteiger partial charge in [0.15, 0.2) is 0 Å². The number of aromatic nitrogens is 2. The van der Waals surface area contributed by atoms with Crippen molar-refractivity contribution in [2.24, 2.45) is 0 Å². The van der Waals surface area contributed by atoms with E-state index in [2.05, 4.69) is 33.3 Å². The highest BCUT2D eigenvalue weighted by atomic mass is 79.9. The number of amides is 1. The van der Waals surface area contributed by atoms with Crippen molar-refractivity contribution in [1.29, 1.82) is 0 Å². The number of benzene rings is 1. The first-order valence-corrected chi connectivity index (χ1v) is 7.06. The molecule has 0 aliphatic carbocycles. The van der Waals surface area contributed by atoms with Crippen LogP contribution in [0.3, 0.4) is 0 Å². The molecule has 4 nitrogen and oxygen atoms in total. The molecule has 0 bridgehead atoms. The fraction of sp³-hybridized carbons (Fsp3) is 0.286. The van der Waals surface area contributed by atoms with Crippen molar-refractivity contribution in [2.75, 3.05) is 5.32 Å². The molecule has 1 aromatic heterocycles. The number of hydrogen-bond donors (Lipinski definition) is 1. The summed E-state index contributed by atoms with van der Waals surface area (Å²) in [7, 11) is 0. The van der Waals surface area contributed by atoms with Crippen molar-refractivity contribution in [3.05, 3.63) is 46.2 Å². The largest absolute Gasteiger partial charge is 0.321 e. The topological polar surface area (TPSA) is 46.9 Å². The number of nitrogens with one attached hydrogen (secondary N) is 1. The molecule has 0 aliphatic rings. The first-order valence-electron chi connectivity index (χ1n) is 6.27.